The van der Waals surface area contributed by atoms with Crippen LogP contribution in [0.15, 0.2) is 18.2 Å². The lowest BCUT2D eigenvalue weighted by atomic mass is 10.1. The number of benzene rings is 1. The van der Waals surface area contributed by atoms with Crippen molar-refractivity contribution in [1.82, 2.24) is 4.90 Å². The fourth-order valence-electron chi connectivity index (χ4n) is 2.91. The number of thiocarbonyl (C=S) groups is 1. The Morgan fingerprint density at radius 3 is 2.79 bits per heavy atom. The van der Waals surface area contributed by atoms with Crippen LogP contribution in [0.25, 0.3) is 0 Å². The molecule has 134 valence electrons. The fraction of sp³-hybridized carbons (Fsp3) is 0.588. The molecule has 1 heterocycles. The smallest absolute Gasteiger partial charge is 0.173 e. The standard InChI is InChI=1S/C17H26N2O3S2/c1-13-5-6-14(2)16(11-13)18-17(23)19(8-4-9-22-3)15-7-10-24(20,21)12-15/h5-6,11,15H,4,7-10,12H2,1-3H3,(H,18,23)/t15-/m1/s1. The summed E-state index contributed by atoms with van der Waals surface area (Å²) in [5.41, 5.74) is 3.23. The molecule has 0 spiro atoms. The van der Waals surface area contributed by atoms with Crippen LogP contribution in [0.2, 0.25) is 0 Å². The number of aryl methyl sites for hydroxylation is 2. The van der Waals surface area contributed by atoms with Crippen molar-refractivity contribution in [2.75, 3.05) is 37.1 Å². The number of ether oxygens (including phenoxy) is 1. The molecule has 1 N–H and O–H groups in total. The normalized spacial score (nSPS) is 19.2. The molecule has 1 aromatic carbocycles. The summed E-state index contributed by atoms with van der Waals surface area (Å²) in [6.07, 6.45) is 1.44. The summed E-state index contributed by atoms with van der Waals surface area (Å²) in [5.74, 6) is 0.416. The van der Waals surface area contributed by atoms with E-state index < -0.39 is 9.84 Å². The molecule has 2 rings (SSSR count). The molecule has 24 heavy (non-hydrogen) atoms. The number of hydrogen-bond acceptors (Lipinski definition) is 4. The van der Waals surface area contributed by atoms with E-state index in [4.69, 9.17) is 17.0 Å². The van der Waals surface area contributed by atoms with E-state index >= 15 is 0 Å². The molecule has 0 saturated carbocycles. The molecule has 1 saturated heterocycles. The molecule has 7 heteroatoms. The van der Waals surface area contributed by atoms with E-state index in [2.05, 4.69) is 23.5 Å². The van der Waals surface area contributed by atoms with E-state index in [-0.39, 0.29) is 17.5 Å². The lowest BCUT2D eigenvalue weighted by molar-refractivity contribution is 0.181. The van der Waals surface area contributed by atoms with Crippen LogP contribution in [0.1, 0.15) is 24.0 Å². The molecular weight excluding hydrogens is 344 g/mol. The highest BCUT2D eigenvalue weighted by Gasteiger charge is 2.33. The third-order valence-corrected chi connectivity index (χ3v) is 6.38. The van der Waals surface area contributed by atoms with Crippen LogP contribution in [0, 0.1) is 13.8 Å². The van der Waals surface area contributed by atoms with E-state index in [0.717, 1.165) is 23.2 Å². The van der Waals surface area contributed by atoms with Gasteiger partial charge in [0.25, 0.3) is 0 Å². The molecule has 1 fully saturated rings. The van der Waals surface area contributed by atoms with E-state index in [1.807, 2.05) is 18.7 Å². The minimum atomic E-state index is -2.95. The number of methoxy groups -OCH3 is 1. The van der Waals surface area contributed by atoms with Gasteiger partial charge in [0.1, 0.15) is 0 Å². The molecule has 1 aliphatic rings. The molecule has 0 unspecified atom stereocenters. The second-order valence-electron chi connectivity index (χ2n) is 6.35. The van der Waals surface area contributed by atoms with E-state index in [1.54, 1.807) is 7.11 Å². The van der Waals surface area contributed by atoms with Crippen molar-refractivity contribution in [2.45, 2.75) is 32.7 Å². The Balaban J connectivity index is 2.13. The third kappa shape index (κ3) is 5.16. The highest BCUT2D eigenvalue weighted by molar-refractivity contribution is 7.91. The average molecular weight is 371 g/mol. The number of nitrogens with zero attached hydrogens (tertiary/aromatic N) is 1. The first kappa shape index (κ1) is 19.1. The number of anilines is 1. The molecule has 1 aliphatic heterocycles. The van der Waals surface area contributed by atoms with Gasteiger partial charge < -0.3 is 15.0 Å². The number of sulfone groups is 1. The van der Waals surface area contributed by atoms with Gasteiger partial charge in [0.05, 0.1) is 11.5 Å². The first-order valence-electron chi connectivity index (χ1n) is 8.16. The summed E-state index contributed by atoms with van der Waals surface area (Å²) in [7, 11) is -1.29. The highest BCUT2D eigenvalue weighted by Crippen LogP contribution is 2.21. The zero-order chi connectivity index (χ0) is 17.7. The first-order valence-corrected chi connectivity index (χ1v) is 10.4. The SMILES string of the molecule is COCCCN(C(=S)Nc1cc(C)ccc1C)[C@@H]1CCS(=O)(=O)C1. The van der Waals surface area contributed by atoms with Crippen molar-refractivity contribution in [3.05, 3.63) is 29.3 Å². The maximum atomic E-state index is 11.8. The maximum Gasteiger partial charge on any atom is 0.173 e. The van der Waals surface area contributed by atoms with Gasteiger partial charge in [-0.3, -0.25) is 0 Å². The second kappa shape index (κ2) is 8.27. The summed E-state index contributed by atoms with van der Waals surface area (Å²) >= 11 is 5.60. The Morgan fingerprint density at radius 1 is 1.42 bits per heavy atom. The number of nitrogens with one attached hydrogen (secondary N) is 1. The van der Waals surface area contributed by atoms with Gasteiger partial charge in [-0.05, 0) is 56.1 Å². The Morgan fingerprint density at radius 2 is 2.17 bits per heavy atom. The van der Waals surface area contributed by atoms with Crippen molar-refractivity contribution in [2.24, 2.45) is 0 Å². The zero-order valence-corrected chi connectivity index (χ0v) is 16.2. The molecule has 0 bridgehead atoms. The minimum absolute atomic E-state index is 0.0584. The topological polar surface area (TPSA) is 58.6 Å². The molecule has 0 amide bonds. The van der Waals surface area contributed by atoms with Crippen molar-refractivity contribution in [3.63, 3.8) is 0 Å². The molecule has 0 radical (unpaired) electrons. The lowest BCUT2D eigenvalue weighted by Gasteiger charge is -2.31. The van der Waals surface area contributed by atoms with Gasteiger partial charge in [-0.25, -0.2) is 8.42 Å². The van der Waals surface area contributed by atoms with E-state index in [1.165, 1.54) is 0 Å². The van der Waals surface area contributed by atoms with Gasteiger partial charge in [-0.1, -0.05) is 12.1 Å². The predicted molar refractivity (Wildman–Crippen MR) is 102 cm³/mol. The molecule has 1 aromatic rings. The predicted octanol–water partition coefficient (Wildman–Crippen LogP) is 2.53. The fourth-order valence-corrected chi connectivity index (χ4v) is 4.99. The van der Waals surface area contributed by atoms with E-state index in [0.29, 0.717) is 24.7 Å². The monoisotopic (exact) mass is 370 g/mol. The van der Waals surface area contributed by atoms with Gasteiger partial charge in [0.15, 0.2) is 14.9 Å². The quantitative estimate of drug-likeness (QED) is 0.613. The van der Waals surface area contributed by atoms with Crippen LogP contribution in [0.4, 0.5) is 5.69 Å². The Bertz CT molecular complexity index is 689. The van der Waals surface area contributed by atoms with Gasteiger partial charge in [-0.15, -0.1) is 0 Å². The second-order valence-corrected chi connectivity index (χ2v) is 8.96. The maximum absolute atomic E-state index is 11.8. The first-order chi connectivity index (χ1) is 11.3. The number of rotatable bonds is 6. The van der Waals surface area contributed by atoms with Gasteiger partial charge >= 0.3 is 0 Å². The molecule has 0 aromatic heterocycles. The zero-order valence-electron chi connectivity index (χ0n) is 14.5. The van der Waals surface area contributed by atoms with Crippen molar-refractivity contribution >= 4 is 32.9 Å². The molecule has 1 atom stereocenters. The van der Waals surface area contributed by atoms with Crippen LogP contribution < -0.4 is 5.32 Å². The van der Waals surface area contributed by atoms with Crippen molar-refractivity contribution in [1.29, 1.82) is 0 Å². The molecule has 0 aliphatic carbocycles. The van der Waals surface area contributed by atoms with Crippen LogP contribution in [0.5, 0.6) is 0 Å². The highest BCUT2D eigenvalue weighted by atomic mass is 32.2. The van der Waals surface area contributed by atoms with Gasteiger partial charge in [-0.2, -0.15) is 0 Å². The Kier molecular flexibility index (Phi) is 6.60. The van der Waals surface area contributed by atoms with Gasteiger partial charge in [0, 0.05) is 32.0 Å². The largest absolute Gasteiger partial charge is 0.385 e. The molecular formula is C17H26N2O3S2. The van der Waals surface area contributed by atoms with Crippen LogP contribution in [0.3, 0.4) is 0 Å². The summed E-state index contributed by atoms with van der Waals surface area (Å²) < 4.78 is 28.8. The Labute approximate surface area is 150 Å². The molecule has 5 nitrogen and oxygen atoms in total. The third-order valence-electron chi connectivity index (χ3n) is 4.29. The summed E-state index contributed by atoms with van der Waals surface area (Å²) in [4.78, 5) is 2.01. The van der Waals surface area contributed by atoms with Crippen LogP contribution >= 0.6 is 12.2 Å². The summed E-state index contributed by atoms with van der Waals surface area (Å²) in [6, 6.07) is 6.11. The summed E-state index contributed by atoms with van der Waals surface area (Å²) in [6.45, 7) is 5.38. The van der Waals surface area contributed by atoms with Crippen molar-refractivity contribution < 1.29 is 13.2 Å². The van der Waals surface area contributed by atoms with Gasteiger partial charge in [0.2, 0.25) is 0 Å². The van der Waals surface area contributed by atoms with Crippen LogP contribution in [-0.4, -0.2) is 56.2 Å². The lowest BCUT2D eigenvalue weighted by Crippen LogP contribution is -2.44. The Hall–Kier alpha value is -1.18. The number of hydrogen-bond donors (Lipinski definition) is 1. The minimum Gasteiger partial charge on any atom is -0.385 e. The van der Waals surface area contributed by atoms with Crippen LogP contribution in [-0.2, 0) is 14.6 Å². The van der Waals surface area contributed by atoms with E-state index in [9.17, 15) is 8.42 Å². The summed E-state index contributed by atoms with van der Waals surface area (Å²) in [5, 5.41) is 3.89. The van der Waals surface area contributed by atoms with Crippen molar-refractivity contribution in [3.8, 4) is 0 Å². The average Bonchev–Trinajstić information content (AvgIpc) is 2.87.